The van der Waals surface area contributed by atoms with Gasteiger partial charge in [-0.2, -0.15) is 0 Å². The summed E-state index contributed by atoms with van der Waals surface area (Å²) in [5.41, 5.74) is 0.373. The molecule has 1 aromatic rings. The lowest BCUT2D eigenvalue weighted by atomic mass is 9.80. The Balaban J connectivity index is 2.00. The van der Waals surface area contributed by atoms with Crippen LogP contribution in [0.15, 0.2) is 12.4 Å². The molecule has 3 unspecified atom stereocenters. The monoisotopic (exact) mass is 262 g/mol. The van der Waals surface area contributed by atoms with Gasteiger partial charge in [0.15, 0.2) is 0 Å². The van der Waals surface area contributed by atoms with Crippen molar-refractivity contribution >= 4 is 11.7 Å². The predicted octanol–water partition coefficient (Wildman–Crippen LogP) is 2.07. The topological polar surface area (TPSA) is 66.9 Å². The van der Waals surface area contributed by atoms with Crippen molar-refractivity contribution in [2.45, 2.75) is 39.2 Å². The molecule has 1 aliphatic rings. The molecule has 0 bridgehead atoms. The largest absolute Gasteiger partial charge is 0.372 e. The molecule has 19 heavy (non-hydrogen) atoms. The average Bonchev–Trinajstić information content (AvgIpc) is 2.42. The summed E-state index contributed by atoms with van der Waals surface area (Å²) in [4.78, 5) is 20.4. The summed E-state index contributed by atoms with van der Waals surface area (Å²) in [6.07, 6.45) is 6.51. The van der Waals surface area contributed by atoms with E-state index in [1.54, 1.807) is 13.2 Å². The van der Waals surface area contributed by atoms with Crippen LogP contribution in [0.5, 0.6) is 0 Å². The van der Waals surface area contributed by atoms with Gasteiger partial charge in [-0.3, -0.25) is 9.78 Å². The lowest BCUT2D eigenvalue weighted by molar-refractivity contribution is 0.0894. The van der Waals surface area contributed by atoms with Crippen molar-refractivity contribution in [3.8, 4) is 0 Å². The number of hydrogen-bond acceptors (Lipinski definition) is 4. The van der Waals surface area contributed by atoms with Gasteiger partial charge in [-0.25, -0.2) is 4.98 Å². The summed E-state index contributed by atoms with van der Waals surface area (Å²) in [5, 5.41) is 5.97. The van der Waals surface area contributed by atoms with Crippen LogP contribution in [0.2, 0.25) is 0 Å². The highest BCUT2D eigenvalue weighted by molar-refractivity contribution is 5.92. The van der Waals surface area contributed by atoms with Gasteiger partial charge in [0, 0.05) is 13.1 Å². The molecule has 0 spiro atoms. The number of nitrogens with one attached hydrogen (secondary N) is 2. The van der Waals surface area contributed by atoms with Gasteiger partial charge in [-0.1, -0.05) is 13.8 Å². The van der Waals surface area contributed by atoms with Crippen molar-refractivity contribution in [3.63, 3.8) is 0 Å². The first-order valence-corrected chi connectivity index (χ1v) is 6.90. The molecule has 0 radical (unpaired) electrons. The van der Waals surface area contributed by atoms with Gasteiger partial charge in [0.25, 0.3) is 5.91 Å². The Kier molecular flexibility index (Phi) is 4.35. The fourth-order valence-electron chi connectivity index (χ4n) is 2.72. The molecule has 5 heteroatoms. The Morgan fingerprint density at radius 2 is 2.11 bits per heavy atom. The molecule has 1 amide bonds. The van der Waals surface area contributed by atoms with E-state index in [4.69, 9.17) is 0 Å². The molecule has 2 rings (SSSR count). The molecule has 1 fully saturated rings. The van der Waals surface area contributed by atoms with Crippen LogP contribution >= 0.6 is 0 Å². The second kappa shape index (κ2) is 5.99. The van der Waals surface area contributed by atoms with Crippen LogP contribution in [0.3, 0.4) is 0 Å². The Labute approximate surface area is 114 Å². The Morgan fingerprint density at radius 1 is 1.32 bits per heavy atom. The molecular weight excluding hydrogens is 240 g/mol. The maximum Gasteiger partial charge on any atom is 0.271 e. The fourth-order valence-corrected chi connectivity index (χ4v) is 2.72. The second-order valence-corrected chi connectivity index (χ2v) is 5.52. The van der Waals surface area contributed by atoms with E-state index in [9.17, 15) is 4.79 Å². The van der Waals surface area contributed by atoms with Gasteiger partial charge in [0.2, 0.25) is 0 Å². The van der Waals surface area contributed by atoms with Crippen molar-refractivity contribution in [2.75, 3.05) is 12.4 Å². The highest BCUT2D eigenvalue weighted by Gasteiger charge is 2.27. The van der Waals surface area contributed by atoms with E-state index >= 15 is 0 Å². The van der Waals surface area contributed by atoms with E-state index in [-0.39, 0.29) is 11.9 Å². The lowest BCUT2D eigenvalue weighted by Gasteiger charge is -2.33. The standard InChI is InChI=1S/C14H22N4O/c1-9-4-5-11(10(2)6-9)18-14(19)12-7-16-8-13(15-3)17-12/h7-11H,4-6H2,1-3H3,(H,15,17)(H,18,19). The highest BCUT2D eigenvalue weighted by Crippen LogP contribution is 2.28. The fraction of sp³-hybridized carbons (Fsp3) is 0.643. The van der Waals surface area contributed by atoms with Crippen LogP contribution in [0.4, 0.5) is 5.82 Å². The third-order valence-electron chi connectivity index (χ3n) is 3.87. The third kappa shape index (κ3) is 3.43. The SMILES string of the molecule is CNc1cncc(C(=O)NC2CCC(C)CC2C)n1. The third-order valence-corrected chi connectivity index (χ3v) is 3.87. The molecule has 1 aromatic heterocycles. The van der Waals surface area contributed by atoms with Crippen LogP contribution in [-0.2, 0) is 0 Å². The van der Waals surface area contributed by atoms with Crippen molar-refractivity contribution in [3.05, 3.63) is 18.1 Å². The van der Waals surface area contributed by atoms with Crippen molar-refractivity contribution < 1.29 is 4.79 Å². The summed E-state index contributed by atoms with van der Waals surface area (Å²) in [6, 6.07) is 0.253. The lowest BCUT2D eigenvalue weighted by Crippen LogP contribution is -2.42. The number of amides is 1. The normalized spacial score (nSPS) is 26.8. The maximum absolute atomic E-state index is 12.2. The van der Waals surface area contributed by atoms with Crippen LogP contribution in [0.1, 0.15) is 43.6 Å². The maximum atomic E-state index is 12.2. The van der Waals surface area contributed by atoms with E-state index in [2.05, 4.69) is 34.4 Å². The van der Waals surface area contributed by atoms with Crippen LogP contribution < -0.4 is 10.6 Å². The number of anilines is 1. The zero-order valence-corrected chi connectivity index (χ0v) is 11.8. The van der Waals surface area contributed by atoms with E-state index in [0.29, 0.717) is 17.4 Å². The minimum Gasteiger partial charge on any atom is -0.372 e. The van der Waals surface area contributed by atoms with E-state index < -0.39 is 0 Å². The molecule has 2 N–H and O–H groups in total. The molecule has 0 aliphatic heterocycles. The van der Waals surface area contributed by atoms with E-state index in [1.165, 1.54) is 19.0 Å². The molecule has 1 saturated carbocycles. The number of nitrogens with zero attached hydrogens (tertiary/aromatic N) is 2. The summed E-state index contributed by atoms with van der Waals surface area (Å²) in [5.74, 6) is 1.76. The molecule has 104 valence electrons. The van der Waals surface area contributed by atoms with Crippen LogP contribution in [-0.4, -0.2) is 29.0 Å². The highest BCUT2D eigenvalue weighted by atomic mass is 16.1. The Hall–Kier alpha value is -1.65. The molecular formula is C14H22N4O. The summed E-state index contributed by atoms with van der Waals surface area (Å²) in [6.45, 7) is 4.48. The molecule has 0 aromatic carbocycles. The first kappa shape index (κ1) is 13.8. The van der Waals surface area contributed by atoms with Gasteiger partial charge >= 0.3 is 0 Å². The van der Waals surface area contributed by atoms with Crippen molar-refractivity contribution in [1.29, 1.82) is 0 Å². The molecule has 0 saturated heterocycles. The zero-order valence-electron chi connectivity index (χ0n) is 11.8. The van der Waals surface area contributed by atoms with Crippen LogP contribution in [0, 0.1) is 11.8 Å². The smallest absolute Gasteiger partial charge is 0.271 e. The minimum atomic E-state index is -0.129. The minimum absolute atomic E-state index is 0.129. The Bertz CT molecular complexity index is 449. The van der Waals surface area contributed by atoms with Gasteiger partial charge in [-0.15, -0.1) is 0 Å². The number of hydrogen-bond donors (Lipinski definition) is 2. The van der Waals surface area contributed by atoms with Crippen molar-refractivity contribution in [1.82, 2.24) is 15.3 Å². The van der Waals surface area contributed by atoms with Gasteiger partial charge in [0.1, 0.15) is 11.5 Å². The van der Waals surface area contributed by atoms with Gasteiger partial charge in [-0.05, 0) is 31.1 Å². The molecule has 1 aliphatic carbocycles. The Morgan fingerprint density at radius 3 is 2.79 bits per heavy atom. The van der Waals surface area contributed by atoms with Gasteiger partial charge < -0.3 is 10.6 Å². The number of carbonyl (C=O) groups is 1. The molecule has 3 atom stereocenters. The first-order valence-electron chi connectivity index (χ1n) is 6.90. The second-order valence-electron chi connectivity index (χ2n) is 5.52. The summed E-state index contributed by atoms with van der Waals surface area (Å²) in [7, 11) is 1.76. The summed E-state index contributed by atoms with van der Waals surface area (Å²) < 4.78 is 0. The quantitative estimate of drug-likeness (QED) is 0.875. The molecule has 5 nitrogen and oxygen atoms in total. The molecule has 1 heterocycles. The van der Waals surface area contributed by atoms with E-state index in [0.717, 1.165) is 12.3 Å². The van der Waals surface area contributed by atoms with E-state index in [1.807, 2.05) is 0 Å². The predicted molar refractivity (Wildman–Crippen MR) is 75.0 cm³/mol. The first-order chi connectivity index (χ1) is 9.10. The average molecular weight is 262 g/mol. The zero-order chi connectivity index (χ0) is 13.8. The van der Waals surface area contributed by atoms with Gasteiger partial charge in [0.05, 0.1) is 12.4 Å². The number of carbonyl (C=O) groups excluding carboxylic acids is 1. The van der Waals surface area contributed by atoms with Crippen molar-refractivity contribution in [2.24, 2.45) is 11.8 Å². The number of rotatable bonds is 3. The summed E-state index contributed by atoms with van der Waals surface area (Å²) >= 11 is 0. The van der Waals surface area contributed by atoms with Crippen LogP contribution in [0.25, 0.3) is 0 Å². The number of aromatic nitrogens is 2.